The minimum atomic E-state index is -0.997. The molecule has 0 saturated heterocycles. The number of amides is 1. The monoisotopic (exact) mass is 292 g/mol. The van der Waals surface area contributed by atoms with Gasteiger partial charge in [0.2, 0.25) is 5.91 Å². The minimum absolute atomic E-state index is 0.183. The van der Waals surface area contributed by atoms with Gasteiger partial charge in [0.05, 0.1) is 6.04 Å². The molecule has 0 aromatic heterocycles. The number of hydrogen-bond acceptors (Lipinski definition) is 3. The molecule has 1 amide bonds. The van der Waals surface area contributed by atoms with E-state index in [9.17, 15) is 14.7 Å². The molecule has 1 rings (SSSR count). The van der Waals surface area contributed by atoms with Crippen LogP contribution < -0.4 is 10.6 Å². The van der Waals surface area contributed by atoms with Crippen LogP contribution in [-0.2, 0) is 9.59 Å². The summed E-state index contributed by atoms with van der Waals surface area (Å²) in [6, 6.07) is 7.38. The van der Waals surface area contributed by atoms with Crippen molar-refractivity contribution in [2.24, 2.45) is 5.92 Å². The summed E-state index contributed by atoms with van der Waals surface area (Å²) in [5, 5.41) is 15.0. The molecule has 0 spiro atoms. The van der Waals surface area contributed by atoms with E-state index in [4.69, 9.17) is 0 Å². The van der Waals surface area contributed by atoms with E-state index in [1.807, 2.05) is 6.07 Å². The van der Waals surface area contributed by atoms with Crippen molar-refractivity contribution >= 4 is 11.9 Å². The molecule has 0 bridgehead atoms. The van der Waals surface area contributed by atoms with Crippen LogP contribution in [0.25, 0.3) is 0 Å². The predicted molar refractivity (Wildman–Crippen MR) is 81.9 cm³/mol. The van der Waals surface area contributed by atoms with Gasteiger partial charge in [0.1, 0.15) is 6.04 Å². The largest absolute Gasteiger partial charge is 0.480 e. The van der Waals surface area contributed by atoms with Gasteiger partial charge < -0.3 is 10.4 Å². The van der Waals surface area contributed by atoms with Gasteiger partial charge in [-0.25, -0.2) is 0 Å². The van der Waals surface area contributed by atoms with E-state index >= 15 is 0 Å². The van der Waals surface area contributed by atoms with E-state index in [2.05, 4.69) is 24.5 Å². The van der Waals surface area contributed by atoms with E-state index in [1.54, 1.807) is 31.2 Å². The van der Waals surface area contributed by atoms with Gasteiger partial charge in [-0.2, -0.15) is 0 Å². The van der Waals surface area contributed by atoms with Gasteiger partial charge in [0.25, 0.3) is 0 Å². The first-order chi connectivity index (χ1) is 9.91. The second kappa shape index (κ2) is 8.42. The van der Waals surface area contributed by atoms with Crippen LogP contribution in [0.15, 0.2) is 30.3 Å². The quantitative estimate of drug-likeness (QED) is 0.684. The second-order valence-electron chi connectivity index (χ2n) is 5.54. The van der Waals surface area contributed by atoms with E-state index in [0.717, 1.165) is 6.42 Å². The minimum Gasteiger partial charge on any atom is -0.480 e. The number of benzene rings is 1. The number of nitrogens with one attached hydrogen (secondary N) is 2. The van der Waals surface area contributed by atoms with Gasteiger partial charge in [-0.15, -0.1) is 0 Å². The third kappa shape index (κ3) is 5.95. The zero-order valence-electron chi connectivity index (χ0n) is 12.8. The maximum Gasteiger partial charge on any atom is 0.325 e. The summed E-state index contributed by atoms with van der Waals surface area (Å²) in [6.07, 6.45) is 0.902. The first kappa shape index (κ1) is 17.2. The lowest BCUT2D eigenvalue weighted by molar-refractivity contribution is -0.140. The maximum absolute atomic E-state index is 11.9. The van der Waals surface area contributed by atoms with E-state index < -0.39 is 18.1 Å². The van der Waals surface area contributed by atoms with Gasteiger partial charge in [-0.1, -0.05) is 44.2 Å². The number of carboxylic acids is 1. The number of carbonyl (C=O) groups is 2. The maximum atomic E-state index is 11.9. The van der Waals surface area contributed by atoms with Crippen LogP contribution in [0.2, 0.25) is 0 Å². The fourth-order valence-electron chi connectivity index (χ4n) is 1.92. The first-order valence-corrected chi connectivity index (χ1v) is 7.23. The number of carbonyl (C=O) groups excluding carboxylic acids is 1. The summed E-state index contributed by atoms with van der Waals surface area (Å²) in [4.78, 5) is 23.3. The Balaban J connectivity index is 2.59. The number of hydrogen-bond donors (Lipinski definition) is 3. The average molecular weight is 292 g/mol. The van der Waals surface area contributed by atoms with Crippen molar-refractivity contribution in [3.05, 3.63) is 35.9 Å². The summed E-state index contributed by atoms with van der Waals surface area (Å²) < 4.78 is 0. The Bertz CT molecular complexity index is 460. The molecule has 2 atom stereocenters. The van der Waals surface area contributed by atoms with Crippen LogP contribution in [0.4, 0.5) is 0 Å². The second-order valence-corrected chi connectivity index (χ2v) is 5.54. The molecule has 0 radical (unpaired) electrons. The molecular formula is C16H24N2O3. The Kier molecular flexibility index (Phi) is 6.88. The predicted octanol–water partition coefficient (Wildman–Crippen LogP) is 1.95. The van der Waals surface area contributed by atoms with Crippen LogP contribution >= 0.6 is 0 Å². The molecule has 0 aliphatic carbocycles. The molecule has 0 aliphatic rings. The Labute approximate surface area is 125 Å². The van der Waals surface area contributed by atoms with Gasteiger partial charge in [-0.05, 0) is 24.8 Å². The molecule has 21 heavy (non-hydrogen) atoms. The van der Waals surface area contributed by atoms with E-state index in [0.29, 0.717) is 18.0 Å². The Morgan fingerprint density at radius 3 is 2.29 bits per heavy atom. The van der Waals surface area contributed by atoms with Gasteiger partial charge in [0.15, 0.2) is 0 Å². The van der Waals surface area contributed by atoms with Crippen molar-refractivity contribution in [2.45, 2.75) is 39.3 Å². The molecule has 0 heterocycles. The third-order valence-corrected chi connectivity index (χ3v) is 3.21. The molecule has 5 nitrogen and oxygen atoms in total. The van der Waals surface area contributed by atoms with Crippen molar-refractivity contribution in [3.63, 3.8) is 0 Å². The molecule has 116 valence electrons. The molecule has 5 heteroatoms. The lowest BCUT2D eigenvalue weighted by Gasteiger charge is -2.20. The van der Waals surface area contributed by atoms with Gasteiger partial charge in [0, 0.05) is 6.54 Å². The van der Waals surface area contributed by atoms with Crippen LogP contribution in [0, 0.1) is 5.92 Å². The summed E-state index contributed by atoms with van der Waals surface area (Å²) in [7, 11) is 0. The highest BCUT2D eigenvalue weighted by Gasteiger charge is 2.24. The normalized spacial score (nSPS) is 13.7. The highest BCUT2D eigenvalue weighted by Crippen LogP contribution is 2.13. The lowest BCUT2D eigenvalue weighted by Crippen LogP contribution is -2.45. The zero-order valence-corrected chi connectivity index (χ0v) is 12.8. The first-order valence-electron chi connectivity index (χ1n) is 7.23. The summed E-state index contributed by atoms with van der Waals surface area (Å²) >= 11 is 0. The van der Waals surface area contributed by atoms with Crippen molar-refractivity contribution in [2.75, 3.05) is 6.54 Å². The van der Waals surface area contributed by atoms with Crippen LogP contribution in [-0.4, -0.2) is 29.6 Å². The average Bonchev–Trinajstić information content (AvgIpc) is 2.44. The Morgan fingerprint density at radius 1 is 1.14 bits per heavy atom. The van der Waals surface area contributed by atoms with Crippen LogP contribution in [0.1, 0.15) is 38.8 Å². The fraction of sp³-hybridized carbons (Fsp3) is 0.500. The lowest BCUT2D eigenvalue weighted by atomic mass is 10.1. The molecule has 0 fully saturated rings. The highest BCUT2D eigenvalue weighted by atomic mass is 16.4. The Morgan fingerprint density at radius 2 is 1.76 bits per heavy atom. The van der Waals surface area contributed by atoms with Crippen LogP contribution in [0.3, 0.4) is 0 Å². The molecule has 0 saturated carbocycles. The van der Waals surface area contributed by atoms with Gasteiger partial charge >= 0.3 is 5.97 Å². The standard InChI is InChI=1S/C16H24N2O3/c1-11(2)9-10-17-15(19)12(3)18-14(16(20)21)13-7-5-4-6-8-13/h4-8,11-12,14,18H,9-10H2,1-3H3,(H,17,19)(H,20,21). The topological polar surface area (TPSA) is 78.4 Å². The zero-order chi connectivity index (χ0) is 15.8. The fourth-order valence-corrected chi connectivity index (χ4v) is 1.92. The van der Waals surface area contributed by atoms with Crippen molar-refractivity contribution in [1.82, 2.24) is 10.6 Å². The molecular weight excluding hydrogens is 268 g/mol. The number of carboxylic acid groups (broad SMARTS) is 1. The molecule has 1 aromatic rings. The van der Waals surface area contributed by atoms with Gasteiger partial charge in [-0.3, -0.25) is 14.9 Å². The van der Waals surface area contributed by atoms with Crippen molar-refractivity contribution in [3.8, 4) is 0 Å². The SMILES string of the molecule is CC(C)CCNC(=O)C(C)NC(C(=O)O)c1ccccc1. The number of rotatable bonds is 8. The summed E-state index contributed by atoms with van der Waals surface area (Å²) in [5.74, 6) is -0.662. The molecule has 3 N–H and O–H groups in total. The molecule has 2 unspecified atom stereocenters. The highest BCUT2D eigenvalue weighted by molar-refractivity contribution is 5.83. The summed E-state index contributed by atoms with van der Waals surface area (Å²) in [5.41, 5.74) is 0.631. The van der Waals surface area contributed by atoms with Crippen molar-refractivity contribution < 1.29 is 14.7 Å². The molecule has 0 aliphatic heterocycles. The third-order valence-electron chi connectivity index (χ3n) is 3.21. The van der Waals surface area contributed by atoms with E-state index in [-0.39, 0.29) is 5.91 Å². The molecule has 1 aromatic carbocycles. The van der Waals surface area contributed by atoms with Crippen molar-refractivity contribution in [1.29, 1.82) is 0 Å². The smallest absolute Gasteiger partial charge is 0.325 e. The Hall–Kier alpha value is -1.88. The number of aliphatic carboxylic acids is 1. The van der Waals surface area contributed by atoms with Crippen LogP contribution in [0.5, 0.6) is 0 Å². The summed E-state index contributed by atoms with van der Waals surface area (Å²) in [6.45, 7) is 6.45. The van der Waals surface area contributed by atoms with E-state index in [1.165, 1.54) is 0 Å².